The third-order valence-electron chi connectivity index (χ3n) is 1.19. The second kappa shape index (κ2) is 3.39. The normalized spacial score (nSPS) is 11.2. The van der Waals surface area contributed by atoms with Crippen molar-refractivity contribution in [2.75, 3.05) is 0 Å². The fourth-order valence-electron chi connectivity index (χ4n) is 0.694. The van der Waals surface area contributed by atoms with Crippen molar-refractivity contribution in [3.63, 3.8) is 0 Å². The van der Waals surface area contributed by atoms with Gasteiger partial charge in [-0.1, -0.05) is 0 Å². The van der Waals surface area contributed by atoms with Crippen molar-refractivity contribution in [2.45, 2.75) is 4.90 Å². The molecule has 0 aromatic carbocycles. The van der Waals surface area contributed by atoms with Gasteiger partial charge in [0.25, 0.3) is 9.05 Å². The molecule has 0 saturated heterocycles. The van der Waals surface area contributed by atoms with E-state index in [4.69, 9.17) is 10.7 Å². The summed E-state index contributed by atoms with van der Waals surface area (Å²) in [5, 5.41) is 0. The first-order chi connectivity index (χ1) is 5.93. The number of carbonyl (C=O) groups excluding carboxylic acids is 1. The Morgan fingerprint density at radius 1 is 1.46 bits per heavy atom. The zero-order valence-electron chi connectivity index (χ0n) is 6.07. The molecule has 13 heavy (non-hydrogen) atoms. The number of aldehydes is 1. The molecule has 4 nitrogen and oxygen atoms in total. The first kappa shape index (κ1) is 10.1. The van der Waals surface area contributed by atoms with E-state index in [-0.39, 0.29) is 12.0 Å². The quantitative estimate of drug-likeness (QED) is 0.426. The van der Waals surface area contributed by atoms with Crippen molar-refractivity contribution in [3.05, 3.63) is 23.8 Å². The zero-order chi connectivity index (χ0) is 10.1. The lowest BCUT2D eigenvalue weighted by Gasteiger charge is -1.96. The van der Waals surface area contributed by atoms with Gasteiger partial charge in [0.2, 0.25) is 5.95 Å². The average molecular weight is 224 g/mol. The third-order valence-corrected chi connectivity index (χ3v) is 2.52. The number of hydrogen-bond donors (Lipinski definition) is 0. The van der Waals surface area contributed by atoms with Gasteiger partial charge in [-0.15, -0.1) is 0 Å². The molecule has 1 heterocycles. The monoisotopic (exact) mass is 223 g/mol. The summed E-state index contributed by atoms with van der Waals surface area (Å²) in [4.78, 5) is 12.8. The maximum atomic E-state index is 12.6. The topological polar surface area (TPSA) is 64.1 Å². The third kappa shape index (κ3) is 2.46. The Balaban J connectivity index is 3.41. The molecule has 7 heteroatoms. The van der Waals surface area contributed by atoms with Gasteiger partial charge in [-0.05, 0) is 6.07 Å². The maximum Gasteiger partial charge on any atom is 0.261 e. The molecule has 0 fully saturated rings. The van der Waals surface area contributed by atoms with E-state index in [0.717, 1.165) is 6.07 Å². The van der Waals surface area contributed by atoms with Gasteiger partial charge in [0.1, 0.15) is 5.69 Å². The minimum atomic E-state index is -4.02. The molecule has 1 aromatic rings. The molecule has 1 aromatic heterocycles. The van der Waals surface area contributed by atoms with E-state index in [9.17, 15) is 17.6 Å². The average Bonchev–Trinajstić information content (AvgIpc) is 2.01. The first-order valence-electron chi connectivity index (χ1n) is 3.01. The molecular weight excluding hydrogens is 221 g/mol. The first-order valence-corrected chi connectivity index (χ1v) is 5.32. The van der Waals surface area contributed by atoms with E-state index in [1.54, 1.807) is 0 Å². The van der Waals surface area contributed by atoms with E-state index in [0.29, 0.717) is 6.07 Å². The molecule has 0 radical (unpaired) electrons. The summed E-state index contributed by atoms with van der Waals surface area (Å²) in [5.41, 5.74) is -0.320. The van der Waals surface area contributed by atoms with Crippen LogP contribution in [0.1, 0.15) is 10.5 Å². The fraction of sp³-hybridized carbons (Fsp3) is 0. The lowest BCUT2D eigenvalue weighted by Crippen LogP contribution is -1.97. The van der Waals surface area contributed by atoms with Crippen molar-refractivity contribution >= 4 is 26.0 Å². The van der Waals surface area contributed by atoms with Crippen LogP contribution >= 0.6 is 10.7 Å². The number of carbonyl (C=O) groups is 1. The number of halogens is 2. The summed E-state index contributed by atoms with van der Waals surface area (Å²) < 4.78 is 34.0. The Morgan fingerprint density at radius 3 is 2.54 bits per heavy atom. The second-order valence-corrected chi connectivity index (χ2v) is 4.67. The van der Waals surface area contributed by atoms with Gasteiger partial charge in [0.05, 0.1) is 4.90 Å². The fourth-order valence-corrected chi connectivity index (χ4v) is 1.46. The van der Waals surface area contributed by atoms with Crippen LogP contribution in [0.3, 0.4) is 0 Å². The molecule has 0 aliphatic carbocycles. The summed E-state index contributed by atoms with van der Waals surface area (Å²) in [6.07, 6.45) is 0.231. The molecule has 0 N–H and O–H groups in total. The van der Waals surface area contributed by atoms with Crippen LogP contribution in [0.15, 0.2) is 17.0 Å². The number of rotatable bonds is 2. The van der Waals surface area contributed by atoms with Crippen LogP contribution in [0.2, 0.25) is 0 Å². The molecular formula is C6H3ClFNO3S. The number of nitrogens with zero attached hydrogens (tertiary/aromatic N) is 1. The molecule has 0 amide bonds. The summed E-state index contributed by atoms with van der Waals surface area (Å²) in [6, 6.07) is 1.52. The molecule has 0 spiro atoms. The molecule has 0 aliphatic heterocycles. The van der Waals surface area contributed by atoms with Crippen molar-refractivity contribution in [1.29, 1.82) is 0 Å². The van der Waals surface area contributed by atoms with Crippen LogP contribution in [0.25, 0.3) is 0 Å². The zero-order valence-corrected chi connectivity index (χ0v) is 7.64. The number of aromatic nitrogens is 1. The number of hydrogen-bond acceptors (Lipinski definition) is 4. The number of pyridine rings is 1. The predicted octanol–water partition coefficient (Wildman–Crippen LogP) is 0.961. The molecule has 1 rings (SSSR count). The second-order valence-electron chi connectivity index (χ2n) is 2.11. The SMILES string of the molecule is O=Cc1cc(S(=O)(=O)Cl)cc(F)n1. The minimum absolute atomic E-state index is 0.231. The highest BCUT2D eigenvalue weighted by Gasteiger charge is 2.13. The highest BCUT2D eigenvalue weighted by Crippen LogP contribution is 2.15. The molecule has 0 aliphatic rings. The molecule has 70 valence electrons. The summed E-state index contributed by atoms with van der Waals surface area (Å²) in [6.45, 7) is 0. The Bertz CT molecular complexity index is 445. The molecule has 0 saturated carbocycles. The summed E-state index contributed by atoms with van der Waals surface area (Å²) in [5.74, 6) is -1.07. The van der Waals surface area contributed by atoms with Crippen molar-refractivity contribution in [2.24, 2.45) is 0 Å². The summed E-state index contributed by atoms with van der Waals surface area (Å²) in [7, 11) is 0.897. The van der Waals surface area contributed by atoms with Crippen LogP contribution < -0.4 is 0 Å². The van der Waals surface area contributed by atoms with Crippen LogP contribution in [0.5, 0.6) is 0 Å². The maximum absolute atomic E-state index is 12.6. The minimum Gasteiger partial charge on any atom is -0.296 e. The Kier molecular flexibility index (Phi) is 2.63. The lowest BCUT2D eigenvalue weighted by molar-refractivity contribution is 0.111. The predicted molar refractivity (Wildman–Crippen MR) is 42.6 cm³/mol. The highest BCUT2D eigenvalue weighted by atomic mass is 35.7. The van der Waals surface area contributed by atoms with Crippen LogP contribution in [0, 0.1) is 5.95 Å². The van der Waals surface area contributed by atoms with Crippen LogP contribution in [0.4, 0.5) is 4.39 Å². The van der Waals surface area contributed by atoms with Gasteiger partial charge in [-0.25, -0.2) is 13.4 Å². The highest BCUT2D eigenvalue weighted by molar-refractivity contribution is 8.13. The van der Waals surface area contributed by atoms with Gasteiger partial charge in [0.15, 0.2) is 6.29 Å². The van der Waals surface area contributed by atoms with Gasteiger partial charge < -0.3 is 0 Å². The molecule has 0 unspecified atom stereocenters. The van der Waals surface area contributed by atoms with Crippen molar-refractivity contribution in [1.82, 2.24) is 4.98 Å². The van der Waals surface area contributed by atoms with E-state index >= 15 is 0 Å². The van der Waals surface area contributed by atoms with E-state index < -0.39 is 19.9 Å². The van der Waals surface area contributed by atoms with Crippen LogP contribution in [-0.2, 0) is 9.05 Å². The van der Waals surface area contributed by atoms with Gasteiger partial charge in [0, 0.05) is 16.7 Å². The van der Waals surface area contributed by atoms with E-state index in [2.05, 4.69) is 4.98 Å². The smallest absolute Gasteiger partial charge is 0.261 e. The summed E-state index contributed by atoms with van der Waals surface area (Å²) >= 11 is 0. The standard InChI is InChI=1S/C6H3ClFNO3S/c7-13(11,12)5-1-4(3-10)9-6(8)2-5/h1-3H. The van der Waals surface area contributed by atoms with Crippen molar-refractivity contribution in [3.8, 4) is 0 Å². The van der Waals surface area contributed by atoms with Gasteiger partial charge in [-0.3, -0.25) is 4.79 Å². The van der Waals surface area contributed by atoms with Crippen LogP contribution in [-0.4, -0.2) is 19.7 Å². The van der Waals surface area contributed by atoms with E-state index in [1.165, 1.54) is 0 Å². The Hall–Kier alpha value is -1.01. The molecule has 0 atom stereocenters. The largest absolute Gasteiger partial charge is 0.296 e. The van der Waals surface area contributed by atoms with E-state index in [1.807, 2.05) is 0 Å². The lowest BCUT2D eigenvalue weighted by atomic mass is 10.4. The van der Waals surface area contributed by atoms with Crippen molar-refractivity contribution < 1.29 is 17.6 Å². The van der Waals surface area contributed by atoms with Gasteiger partial charge >= 0.3 is 0 Å². The Morgan fingerprint density at radius 2 is 2.08 bits per heavy atom. The van der Waals surface area contributed by atoms with Gasteiger partial charge in [-0.2, -0.15) is 4.39 Å². The molecule has 0 bridgehead atoms. The Labute approximate surface area is 77.8 Å².